The monoisotopic (exact) mass is 411 g/mol. The molecule has 0 unspecified atom stereocenters. The fourth-order valence-electron chi connectivity index (χ4n) is 2.14. The number of halogens is 4. The number of anilines is 2. The summed E-state index contributed by atoms with van der Waals surface area (Å²) in [5, 5.41) is 13.9. The first-order valence-electron chi connectivity index (χ1n) is 7.46. The molecule has 2 aromatic heterocycles. The van der Waals surface area contributed by atoms with Crippen molar-refractivity contribution in [1.82, 2.24) is 15.0 Å². The summed E-state index contributed by atoms with van der Waals surface area (Å²) in [6.45, 7) is 0. The van der Waals surface area contributed by atoms with E-state index < -0.39 is 28.2 Å². The normalized spacial score (nSPS) is 11.1. The van der Waals surface area contributed by atoms with Crippen LogP contribution in [0.25, 0.3) is 0 Å². The van der Waals surface area contributed by atoms with Crippen LogP contribution in [0.4, 0.5) is 30.4 Å². The molecule has 0 aliphatic carbocycles. The second-order valence-corrected chi connectivity index (χ2v) is 5.65. The number of aromatic nitrogens is 3. The van der Waals surface area contributed by atoms with E-state index in [2.05, 4.69) is 20.3 Å². The van der Waals surface area contributed by atoms with E-state index in [1.165, 1.54) is 18.5 Å². The van der Waals surface area contributed by atoms with E-state index in [0.717, 1.165) is 24.5 Å². The SMILES string of the molecule is O=[N+]([O-])c1c(Nc2cc(C(F)(F)F)ccc2Cl)ncnc1Oc1cccnc1. The molecule has 0 aliphatic heterocycles. The van der Waals surface area contributed by atoms with Gasteiger partial charge in [-0.3, -0.25) is 15.1 Å². The summed E-state index contributed by atoms with van der Waals surface area (Å²) in [6.07, 6.45) is -0.873. The lowest BCUT2D eigenvalue weighted by molar-refractivity contribution is -0.385. The smallest absolute Gasteiger partial charge is 0.416 e. The minimum atomic E-state index is -4.62. The van der Waals surface area contributed by atoms with Crippen LogP contribution in [0.1, 0.15) is 5.56 Å². The molecule has 12 heteroatoms. The van der Waals surface area contributed by atoms with Crippen molar-refractivity contribution in [2.24, 2.45) is 0 Å². The van der Waals surface area contributed by atoms with Gasteiger partial charge in [0.2, 0.25) is 5.82 Å². The van der Waals surface area contributed by atoms with Crippen LogP contribution >= 0.6 is 11.6 Å². The van der Waals surface area contributed by atoms with Gasteiger partial charge < -0.3 is 10.1 Å². The summed E-state index contributed by atoms with van der Waals surface area (Å²) in [6, 6.07) is 5.57. The van der Waals surface area contributed by atoms with Crippen LogP contribution in [0.2, 0.25) is 5.02 Å². The molecule has 0 bridgehead atoms. The minimum absolute atomic E-state index is 0.0874. The van der Waals surface area contributed by atoms with E-state index in [9.17, 15) is 23.3 Å². The number of hydrogen-bond donors (Lipinski definition) is 1. The quantitative estimate of drug-likeness (QED) is 0.466. The molecule has 1 aromatic carbocycles. The van der Waals surface area contributed by atoms with Gasteiger partial charge in [-0.05, 0) is 30.3 Å². The van der Waals surface area contributed by atoms with Crippen molar-refractivity contribution in [3.8, 4) is 11.6 Å². The van der Waals surface area contributed by atoms with E-state index in [-0.39, 0.29) is 22.3 Å². The Labute approximate surface area is 160 Å². The zero-order valence-electron chi connectivity index (χ0n) is 13.6. The van der Waals surface area contributed by atoms with Crippen molar-refractivity contribution in [1.29, 1.82) is 0 Å². The fourth-order valence-corrected chi connectivity index (χ4v) is 2.30. The highest BCUT2D eigenvalue weighted by Gasteiger charge is 2.32. The molecule has 28 heavy (non-hydrogen) atoms. The van der Waals surface area contributed by atoms with Crippen molar-refractivity contribution in [3.05, 3.63) is 69.8 Å². The maximum absolute atomic E-state index is 12.9. The molecule has 144 valence electrons. The average molecular weight is 412 g/mol. The first kappa shape index (κ1) is 19.3. The number of nitrogens with zero attached hydrogens (tertiary/aromatic N) is 4. The Morgan fingerprint density at radius 3 is 2.64 bits per heavy atom. The van der Waals surface area contributed by atoms with Crippen LogP contribution in [0.15, 0.2) is 49.1 Å². The van der Waals surface area contributed by atoms with Gasteiger partial charge in [0.25, 0.3) is 0 Å². The Kier molecular flexibility index (Phi) is 5.27. The molecule has 0 aliphatic rings. The molecule has 2 heterocycles. The van der Waals surface area contributed by atoms with E-state index in [1.54, 1.807) is 6.07 Å². The van der Waals surface area contributed by atoms with Crippen LogP contribution in [0, 0.1) is 10.1 Å². The predicted octanol–water partition coefficient (Wildman–Crippen LogP) is 4.99. The third-order valence-corrected chi connectivity index (χ3v) is 3.70. The Hall–Kier alpha value is -3.47. The second kappa shape index (κ2) is 7.64. The molecule has 0 amide bonds. The van der Waals surface area contributed by atoms with Crippen LogP contribution < -0.4 is 10.1 Å². The highest BCUT2D eigenvalue weighted by atomic mass is 35.5. The van der Waals surface area contributed by atoms with Gasteiger partial charge in [0, 0.05) is 6.20 Å². The number of rotatable bonds is 5. The van der Waals surface area contributed by atoms with Crippen molar-refractivity contribution < 1.29 is 22.8 Å². The molecule has 8 nitrogen and oxygen atoms in total. The van der Waals surface area contributed by atoms with E-state index in [4.69, 9.17) is 16.3 Å². The standard InChI is InChI=1S/C16H9ClF3N5O3/c17-11-4-3-9(16(18,19)20)6-12(11)24-14-13(25(26)27)15(23-8-22-14)28-10-2-1-5-21-7-10/h1-8H,(H,22,23,24). The van der Waals surface area contributed by atoms with Crippen molar-refractivity contribution in [2.45, 2.75) is 6.18 Å². The fraction of sp³-hybridized carbons (Fsp3) is 0.0625. The lowest BCUT2D eigenvalue weighted by Gasteiger charge is -2.13. The van der Waals surface area contributed by atoms with Gasteiger partial charge in [-0.1, -0.05) is 11.6 Å². The number of nitrogens with one attached hydrogen (secondary N) is 1. The average Bonchev–Trinajstić information content (AvgIpc) is 2.63. The minimum Gasteiger partial charge on any atom is -0.432 e. The third kappa shape index (κ3) is 4.26. The van der Waals surface area contributed by atoms with Crippen LogP contribution in [-0.2, 0) is 6.18 Å². The second-order valence-electron chi connectivity index (χ2n) is 5.24. The molecule has 0 spiro atoms. The Balaban J connectivity index is 2.01. The van der Waals surface area contributed by atoms with Crippen LogP contribution in [0.5, 0.6) is 11.6 Å². The Morgan fingerprint density at radius 1 is 1.21 bits per heavy atom. The number of alkyl halides is 3. The van der Waals surface area contributed by atoms with Gasteiger partial charge in [-0.15, -0.1) is 0 Å². The maximum atomic E-state index is 12.9. The number of ether oxygens (including phenoxy) is 1. The van der Waals surface area contributed by atoms with E-state index in [1.807, 2.05) is 0 Å². The molecular weight excluding hydrogens is 403 g/mol. The maximum Gasteiger partial charge on any atom is 0.416 e. The molecule has 1 N–H and O–H groups in total. The summed E-state index contributed by atoms with van der Waals surface area (Å²) in [5.74, 6) is -0.633. The van der Waals surface area contributed by atoms with Crippen LogP contribution in [-0.4, -0.2) is 19.9 Å². The number of pyridine rings is 1. The number of nitro groups is 1. The van der Waals surface area contributed by atoms with Crippen LogP contribution in [0.3, 0.4) is 0 Å². The van der Waals surface area contributed by atoms with Crippen molar-refractivity contribution >= 4 is 28.8 Å². The molecular formula is C16H9ClF3N5O3. The Bertz CT molecular complexity index is 1020. The van der Waals surface area contributed by atoms with Gasteiger partial charge in [-0.25, -0.2) is 4.98 Å². The first-order valence-corrected chi connectivity index (χ1v) is 7.84. The zero-order chi connectivity index (χ0) is 20.3. The highest BCUT2D eigenvalue weighted by molar-refractivity contribution is 6.33. The predicted molar refractivity (Wildman–Crippen MR) is 92.7 cm³/mol. The van der Waals surface area contributed by atoms with E-state index >= 15 is 0 Å². The summed E-state index contributed by atoms with van der Waals surface area (Å²) in [7, 11) is 0. The van der Waals surface area contributed by atoms with Gasteiger partial charge in [0.1, 0.15) is 12.1 Å². The lowest BCUT2D eigenvalue weighted by Crippen LogP contribution is -2.07. The molecule has 0 fully saturated rings. The topological polar surface area (TPSA) is 103 Å². The zero-order valence-corrected chi connectivity index (χ0v) is 14.4. The molecule has 0 saturated heterocycles. The molecule has 0 radical (unpaired) electrons. The molecule has 3 aromatic rings. The largest absolute Gasteiger partial charge is 0.432 e. The van der Waals surface area contributed by atoms with Gasteiger partial charge in [-0.2, -0.15) is 18.2 Å². The number of hydrogen-bond acceptors (Lipinski definition) is 7. The third-order valence-electron chi connectivity index (χ3n) is 3.37. The highest BCUT2D eigenvalue weighted by Crippen LogP contribution is 2.38. The van der Waals surface area contributed by atoms with E-state index in [0.29, 0.717) is 0 Å². The number of benzene rings is 1. The molecule has 3 rings (SSSR count). The lowest BCUT2D eigenvalue weighted by atomic mass is 10.2. The molecule has 0 saturated carbocycles. The summed E-state index contributed by atoms with van der Waals surface area (Å²) in [4.78, 5) is 22.0. The van der Waals surface area contributed by atoms with Gasteiger partial charge in [0.05, 0.1) is 27.4 Å². The summed E-state index contributed by atoms with van der Waals surface area (Å²) in [5.41, 5.74) is -1.88. The van der Waals surface area contributed by atoms with Gasteiger partial charge in [0.15, 0.2) is 0 Å². The molecule has 0 atom stereocenters. The van der Waals surface area contributed by atoms with Gasteiger partial charge >= 0.3 is 17.7 Å². The van der Waals surface area contributed by atoms with Crippen molar-refractivity contribution in [2.75, 3.05) is 5.32 Å². The summed E-state index contributed by atoms with van der Waals surface area (Å²) >= 11 is 5.92. The first-order chi connectivity index (χ1) is 13.3. The van der Waals surface area contributed by atoms with Crippen molar-refractivity contribution in [3.63, 3.8) is 0 Å². The summed E-state index contributed by atoms with van der Waals surface area (Å²) < 4.78 is 44.1. The Morgan fingerprint density at radius 2 is 2.00 bits per heavy atom.